The largest absolute Gasteiger partial charge is 0.316 e. The van der Waals surface area contributed by atoms with Gasteiger partial charge in [-0.2, -0.15) is 5.10 Å². The van der Waals surface area contributed by atoms with Crippen LogP contribution < -0.4 is 5.32 Å². The highest BCUT2D eigenvalue weighted by Gasteiger charge is 2.10. The number of hydrogen-bond donors (Lipinski definition) is 1. The number of terminal acetylenes is 1. The molecule has 0 aliphatic carbocycles. The zero-order chi connectivity index (χ0) is 13.4. The van der Waals surface area contributed by atoms with Gasteiger partial charge in [-0.3, -0.25) is 4.68 Å². The molecular weight excluding hydrogens is 222 g/mol. The van der Waals surface area contributed by atoms with Crippen molar-refractivity contribution < 1.29 is 0 Å². The monoisotopic (exact) mass is 247 g/mol. The Morgan fingerprint density at radius 1 is 1.33 bits per heavy atom. The lowest BCUT2D eigenvalue weighted by molar-refractivity contribution is 0.568. The molecule has 0 unspecified atom stereocenters. The van der Waals surface area contributed by atoms with Gasteiger partial charge in [-0.25, -0.2) is 0 Å². The van der Waals surface area contributed by atoms with Crippen LogP contribution in [0.3, 0.4) is 0 Å². The van der Waals surface area contributed by atoms with Crippen LogP contribution in [0.15, 0.2) is 0 Å². The van der Waals surface area contributed by atoms with Crippen LogP contribution in [0, 0.1) is 26.2 Å². The van der Waals surface area contributed by atoms with Crippen molar-refractivity contribution in [3.8, 4) is 12.3 Å². The Morgan fingerprint density at radius 2 is 2.11 bits per heavy atom. The summed E-state index contributed by atoms with van der Waals surface area (Å²) in [6.45, 7) is 9.50. The van der Waals surface area contributed by atoms with Gasteiger partial charge >= 0.3 is 0 Å². The van der Waals surface area contributed by atoms with Gasteiger partial charge in [0.25, 0.3) is 0 Å². The predicted molar refractivity (Wildman–Crippen MR) is 76.6 cm³/mol. The van der Waals surface area contributed by atoms with Crippen LogP contribution >= 0.6 is 0 Å². The van der Waals surface area contributed by atoms with Gasteiger partial charge in [0.15, 0.2) is 0 Å². The highest BCUT2D eigenvalue weighted by molar-refractivity contribution is 5.24. The summed E-state index contributed by atoms with van der Waals surface area (Å²) < 4.78 is 2.10. The lowest BCUT2D eigenvalue weighted by Gasteiger charge is -2.05. The van der Waals surface area contributed by atoms with Crippen molar-refractivity contribution in [1.82, 2.24) is 15.1 Å². The molecule has 3 heteroatoms. The molecule has 3 nitrogen and oxygen atoms in total. The molecule has 0 bridgehead atoms. The smallest absolute Gasteiger partial charge is 0.0628 e. The average Bonchev–Trinajstić information content (AvgIpc) is 2.62. The number of aromatic nitrogens is 2. The Bertz CT molecular complexity index is 399. The lowest BCUT2D eigenvalue weighted by atomic mass is 10.1. The molecule has 0 saturated carbocycles. The third-order valence-electron chi connectivity index (χ3n) is 3.20. The maximum absolute atomic E-state index is 5.27. The SMILES string of the molecule is C#CCCCn1nc(C)c(CCNCCC)c1C. The van der Waals surface area contributed by atoms with E-state index in [4.69, 9.17) is 6.42 Å². The molecule has 1 N–H and O–H groups in total. The number of aryl methyl sites for hydroxylation is 2. The third-order valence-corrected chi connectivity index (χ3v) is 3.20. The maximum atomic E-state index is 5.27. The van der Waals surface area contributed by atoms with Crippen LogP contribution in [0.25, 0.3) is 0 Å². The summed E-state index contributed by atoms with van der Waals surface area (Å²) in [4.78, 5) is 0. The van der Waals surface area contributed by atoms with Gasteiger partial charge in [0.2, 0.25) is 0 Å². The molecule has 0 amide bonds. The first-order valence-electron chi connectivity index (χ1n) is 6.87. The third kappa shape index (κ3) is 4.19. The van der Waals surface area contributed by atoms with Crippen LogP contribution in [0.1, 0.15) is 43.1 Å². The summed E-state index contributed by atoms with van der Waals surface area (Å²) in [5.74, 6) is 2.68. The molecule has 18 heavy (non-hydrogen) atoms. The first-order chi connectivity index (χ1) is 8.70. The van der Waals surface area contributed by atoms with Gasteiger partial charge in [0.1, 0.15) is 0 Å². The molecule has 0 saturated heterocycles. The predicted octanol–water partition coefficient (Wildman–Crippen LogP) is 2.46. The minimum Gasteiger partial charge on any atom is -0.316 e. The van der Waals surface area contributed by atoms with E-state index in [1.54, 1.807) is 0 Å². The van der Waals surface area contributed by atoms with Crippen molar-refractivity contribution in [2.24, 2.45) is 0 Å². The molecule has 0 aliphatic rings. The minimum atomic E-state index is 0.825. The maximum Gasteiger partial charge on any atom is 0.0628 e. The molecule has 0 aromatic carbocycles. The van der Waals surface area contributed by atoms with Gasteiger partial charge in [-0.05, 0) is 51.8 Å². The van der Waals surface area contributed by atoms with E-state index in [0.717, 1.165) is 44.6 Å². The van der Waals surface area contributed by atoms with Crippen LogP contribution in [-0.2, 0) is 13.0 Å². The lowest BCUT2D eigenvalue weighted by Crippen LogP contribution is -2.18. The molecule has 0 atom stereocenters. The van der Waals surface area contributed by atoms with Crippen molar-refractivity contribution >= 4 is 0 Å². The second kappa shape index (κ2) is 7.94. The Balaban J connectivity index is 2.54. The van der Waals surface area contributed by atoms with Gasteiger partial charge in [0, 0.05) is 18.7 Å². The van der Waals surface area contributed by atoms with Gasteiger partial charge in [0.05, 0.1) is 5.69 Å². The molecule has 0 aliphatic heterocycles. The summed E-state index contributed by atoms with van der Waals surface area (Å²) in [5, 5.41) is 8.04. The molecule has 1 aromatic heterocycles. The van der Waals surface area contributed by atoms with Crippen LogP contribution in [0.2, 0.25) is 0 Å². The second-order valence-electron chi connectivity index (χ2n) is 4.68. The van der Waals surface area contributed by atoms with Crippen molar-refractivity contribution in [1.29, 1.82) is 0 Å². The van der Waals surface area contributed by atoms with Gasteiger partial charge in [-0.1, -0.05) is 6.92 Å². The Labute approximate surface area is 111 Å². The van der Waals surface area contributed by atoms with E-state index in [1.807, 2.05) is 0 Å². The van der Waals surface area contributed by atoms with Crippen molar-refractivity contribution in [2.75, 3.05) is 13.1 Å². The van der Waals surface area contributed by atoms with E-state index >= 15 is 0 Å². The molecule has 0 fully saturated rings. The molecular formula is C15H25N3. The number of hydrogen-bond acceptors (Lipinski definition) is 2. The van der Waals surface area contributed by atoms with Crippen molar-refractivity contribution in [3.05, 3.63) is 17.0 Å². The van der Waals surface area contributed by atoms with Crippen molar-refractivity contribution in [2.45, 2.75) is 53.0 Å². The zero-order valence-electron chi connectivity index (χ0n) is 11.9. The highest BCUT2D eigenvalue weighted by atomic mass is 15.3. The Morgan fingerprint density at radius 3 is 2.78 bits per heavy atom. The number of nitrogens with one attached hydrogen (secondary N) is 1. The second-order valence-corrected chi connectivity index (χ2v) is 4.68. The molecule has 1 rings (SSSR count). The standard InChI is InChI=1S/C15H25N3/c1-5-7-8-12-18-14(4)15(13(3)17-18)9-11-16-10-6-2/h1,16H,6-12H2,2-4H3. The first kappa shape index (κ1) is 14.8. The van der Waals surface area contributed by atoms with E-state index in [-0.39, 0.29) is 0 Å². The summed E-state index contributed by atoms with van der Waals surface area (Å²) >= 11 is 0. The summed E-state index contributed by atoms with van der Waals surface area (Å²) in [7, 11) is 0. The Kier molecular flexibility index (Phi) is 6.53. The topological polar surface area (TPSA) is 29.9 Å². The zero-order valence-corrected chi connectivity index (χ0v) is 11.9. The first-order valence-corrected chi connectivity index (χ1v) is 6.87. The fourth-order valence-electron chi connectivity index (χ4n) is 2.16. The molecule has 0 spiro atoms. The van der Waals surface area contributed by atoms with Crippen molar-refractivity contribution in [3.63, 3.8) is 0 Å². The fraction of sp³-hybridized carbons (Fsp3) is 0.667. The van der Waals surface area contributed by atoms with E-state index in [9.17, 15) is 0 Å². The number of rotatable bonds is 8. The van der Waals surface area contributed by atoms with Crippen LogP contribution in [0.5, 0.6) is 0 Å². The highest BCUT2D eigenvalue weighted by Crippen LogP contribution is 2.14. The normalized spacial score (nSPS) is 10.6. The van der Waals surface area contributed by atoms with Crippen LogP contribution in [0.4, 0.5) is 0 Å². The number of unbranched alkanes of at least 4 members (excludes halogenated alkanes) is 1. The molecule has 1 heterocycles. The van der Waals surface area contributed by atoms with E-state index in [1.165, 1.54) is 17.7 Å². The Hall–Kier alpha value is -1.27. The average molecular weight is 247 g/mol. The minimum absolute atomic E-state index is 0.825. The van der Waals surface area contributed by atoms with E-state index < -0.39 is 0 Å². The molecule has 0 radical (unpaired) electrons. The molecule has 1 aromatic rings. The quantitative estimate of drug-likeness (QED) is 0.565. The van der Waals surface area contributed by atoms with Crippen LogP contribution in [-0.4, -0.2) is 22.9 Å². The van der Waals surface area contributed by atoms with Gasteiger partial charge in [-0.15, -0.1) is 12.3 Å². The summed E-state index contributed by atoms with van der Waals surface area (Å²) in [6, 6.07) is 0. The van der Waals surface area contributed by atoms with E-state index in [0.29, 0.717) is 0 Å². The summed E-state index contributed by atoms with van der Waals surface area (Å²) in [5.41, 5.74) is 3.84. The molecule has 100 valence electrons. The van der Waals surface area contributed by atoms with E-state index in [2.05, 4.69) is 41.8 Å². The fourth-order valence-corrected chi connectivity index (χ4v) is 2.16. The summed E-state index contributed by atoms with van der Waals surface area (Å²) in [6.07, 6.45) is 9.35. The number of nitrogens with zero attached hydrogens (tertiary/aromatic N) is 2. The van der Waals surface area contributed by atoms with Gasteiger partial charge < -0.3 is 5.32 Å².